The van der Waals surface area contributed by atoms with Crippen molar-refractivity contribution < 1.29 is 14.3 Å². The van der Waals surface area contributed by atoms with E-state index in [1.165, 1.54) is 12.7 Å². The third kappa shape index (κ3) is 5.95. The zero-order valence-electron chi connectivity index (χ0n) is 14.7. The Morgan fingerprint density at radius 2 is 1.84 bits per heavy atom. The number of rotatable bonds is 8. The standard InChI is InChI=1S/C20H24N2O3/c1-15-13-17(10-11-18(15)20(24)25-2)22-14-19(23)21-12-6-9-16-7-4-3-5-8-16/h3-5,7-8,10-11,13,22H,6,9,12,14H2,1-2H3,(H,21,23). The average Bonchev–Trinajstić information content (AvgIpc) is 2.64. The molecule has 1 amide bonds. The maximum Gasteiger partial charge on any atom is 0.338 e. The van der Waals surface area contributed by atoms with Crippen molar-refractivity contribution in [3.8, 4) is 0 Å². The molecule has 0 aliphatic rings. The van der Waals surface area contributed by atoms with Crippen LogP contribution in [0.15, 0.2) is 48.5 Å². The molecule has 2 N–H and O–H groups in total. The number of aryl methyl sites for hydroxylation is 2. The number of esters is 1. The molecule has 5 nitrogen and oxygen atoms in total. The summed E-state index contributed by atoms with van der Waals surface area (Å²) in [5, 5.41) is 5.96. The van der Waals surface area contributed by atoms with Crippen LogP contribution in [-0.2, 0) is 16.0 Å². The summed E-state index contributed by atoms with van der Waals surface area (Å²) in [4.78, 5) is 23.4. The number of benzene rings is 2. The fraction of sp³-hybridized carbons (Fsp3) is 0.300. The Morgan fingerprint density at radius 3 is 2.52 bits per heavy atom. The molecule has 0 aliphatic carbocycles. The first-order valence-corrected chi connectivity index (χ1v) is 8.33. The molecule has 0 radical (unpaired) electrons. The number of carbonyl (C=O) groups excluding carboxylic acids is 2. The second-order valence-corrected chi connectivity index (χ2v) is 5.81. The Morgan fingerprint density at radius 1 is 1.08 bits per heavy atom. The number of hydrogen-bond acceptors (Lipinski definition) is 4. The summed E-state index contributed by atoms with van der Waals surface area (Å²) in [6, 6.07) is 15.5. The van der Waals surface area contributed by atoms with Gasteiger partial charge in [-0.3, -0.25) is 4.79 Å². The highest BCUT2D eigenvalue weighted by Crippen LogP contribution is 2.15. The van der Waals surface area contributed by atoms with Crippen LogP contribution in [0.1, 0.15) is 27.9 Å². The van der Waals surface area contributed by atoms with Crippen molar-refractivity contribution in [1.29, 1.82) is 0 Å². The van der Waals surface area contributed by atoms with Gasteiger partial charge in [-0.1, -0.05) is 30.3 Å². The first kappa shape index (κ1) is 18.5. The van der Waals surface area contributed by atoms with E-state index in [2.05, 4.69) is 22.8 Å². The van der Waals surface area contributed by atoms with Crippen molar-refractivity contribution in [3.63, 3.8) is 0 Å². The Bertz CT molecular complexity index is 714. The number of ether oxygens (including phenoxy) is 1. The number of amides is 1. The SMILES string of the molecule is COC(=O)c1ccc(NCC(=O)NCCCc2ccccc2)cc1C. The summed E-state index contributed by atoms with van der Waals surface area (Å²) in [7, 11) is 1.36. The van der Waals surface area contributed by atoms with Gasteiger partial charge in [0.1, 0.15) is 0 Å². The molecule has 132 valence electrons. The Labute approximate surface area is 148 Å². The van der Waals surface area contributed by atoms with Gasteiger partial charge < -0.3 is 15.4 Å². The second-order valence-electron chi connectivity index (χ2n) is 5.81. The lowest BCUT2D eigenvalue weighted by Crippen LogP contribution is -2.30. The van der Waals surface area contributed by atoms with Crippen molar-refractivity contribution >= 4 is 17.6 Å². The van der Waals surface area contributed by atoms with Crippen LogP contribution >= 0.6 is 0 Å². The third-order valence-corrected chi connectivity index (χ3v) is 3.89. The van der Waals surface area contributed by atoms with E-state index >= 15 is 0 Å². The molecule has 0 fully saturated rings. The van der Waals surface area contributed by atoms with Gasteiger partial charge in [0.15, 0.2) is 0 Å². The minimum Gasteiger partial charge on any atom is -0.465 e. The predicted octanol–water partition coefficient (Wildman–Crippen LogP) is 2.94. The molecule has 0 heterocycles. The van der Waals surface area contributed by atoms with Gasteiger partial charge in [-0.2, -0.15) is 0 Å². The van der Waals surface area contributed by atoms with Gasteiger partial charge in [0.05, 0.1) is 19.2 Å². The van der Waals surface area contributed by atoms with Gasteiger partial charge >= 0.3 is 5.97 Å². The van der Waals surface area contributed by atoms with Crippen LogP contribution in [0.5, 0.6) is 0 Å². The molecule has 25 heavy (non-hydrogen) atoms. The quantitative estimate of drug-likeness (QED) is 0.573. The normalized spacial score (nSPS) is 10.2. The fourth-order valence-corrected chi connectivity index (χ4v) is 2.52. The molecule has 0 unspecified atom stereocenters. The van der Waals surface area contributed by atoms with Crippen LogP contribution in [0.25, 0.3) is 0 Å². The smallest absolute Gasteiger partial charge is 0.338 e. The van der Waals surface area contributed by atoms with E-state index in [0.717, 1.165) is 24.1 Å². The van der Waals surface area contributed by atoms with Crippen LogP contribution in [0.4, 0.5) is 5.69 Å². The van der Waals surface area contributed by atoms with E-state index in [0.29, 0.717) is 12.1 Å². The second kappa shape index (κ2) is 9.47. The van der Waals surface area contributed by atoms with E-state index in [1.54, 1.807) is 12.1 Å². The molecule has 0 saturated carbocycles. The van der Waals surface area contributed by atoms with Gasteiger partial charge in [0, 0.05) is 12.2 Å². The summed E-state index contributed by atoms with van der Waals surface area (Å²) in [5.74, 6) is -0.414. The molecule has 0 aromatic heterocycles. The number of anilines is 1. The summed E-state index contributed by atoms with van der Waals surface area (Å²) in [6.45, 7) is 2.68. The van der Waals surface area contributed by atoms with Crippen LogP contribution < -0.4 is 10.6 Å². The van der Waals surface area contributed by atoms with Gasteiger partial charge in [-0.15, -0.1) is 0 Å². The molecule has 2 aromatic rings. The zero-order chi connectivity index (χ0) is 18.1. The molecule has 5 heteroatoms. The summed E-state index contributed by atoms with van der Waals surface area (Å²) in [5.41, 5.74) is 3.40. The molecule has 0 bridgehead atoms. The van der Waals surface area contributed by atoms with E-state index in [4.69, 9.17) is 4.74 Å². The molecule has 0 atom stereocenters. The van der Waals surface area contributed by atoms with Crippen LogP contribution in [0.3, 0.4) is 0 Å². The highest BCUT2D eigenvalue weighted by atomic mass is 16.5. The molecule has 2 aromatic carbocycles. The van der Waals surface area contributed by atoms with Crippen molar-refractivity contribution in [1.82, 2.24) is 5.32 Å². The first-order valence-electron chi connectivity index (χ1n) is 8.33. The summed E-state index contributed by atoms with van der Waals surface area (Å²) < 4.78 is 4.72. The van der Waals surface area contributed by atoms with Crippen LogP contribution in [0, 0.1) is 6.92 Å². The largest absolute Gasteiger partial charge is 0.465 e. The lowest BCUT2D eigenvalue weighted by molar-refractivity contribution is -0.119. The third-order valence-electron chi connectivity index (χ3n) is 3.89. The Hall–Kier alpha value is -2.82. The van der Waals surface area contributed by atoms with Crippen molar-refractivity contribution in [2.75, 3.05) is 25.5 Å². The minimum atomic E-state index is -0.361. The fourth-order valence-electron chi connectivity index (χ4n) is 2.52. The monoisotopic (exact) mass is 340 g/mol. The van der Waals surface area contributed by atoms with Gasteiger partial charge in [0.25, 0.3) is 0 Å². The summed E-state index contributed by atoms with van der Waals surface area (Å²) in [6.07, 6.45) is 1.85. The topological polar surface area (TPSA) is 67.4 Å². The molecule has 0 spiro atoms. The molecule has 0 saturated heterocycles. The molecular formula is C20H24N2O3. The number of methoxy groups -OCH3 is 1. The van der Waals surface area contributed by atoms with Crippen molar-refractivity contribution in [3.05, 3.63) is 65.2 Å². The van der Waals surface area contributed by atoms with E-state index < -0.39 is 0 Å². The highest BCUT2D eigenvalue weighted by molar-refractivity contribution is 5.91. The Balaban J connectivity index is 1.71. The number of hydrogen-bond donors (Lipinski definition) is 2. The lowest BCUT2D eigenvalue weighted by atomic mass is 10.1. The van der Waals surface area contributed by atoms with Crippen molar-refractivity contribution in [2.24, 2.45) is 0 Å². The van der Waals surface area contributed by atoms with E-state index in [9.17, 15) is 9.59 Å². The molecule has 2 rings (SSSR count). The van der Waals surface area contributed by atoms with Crippen LogP contribution in [0.2, 0.25) is 0 Å². The minimum absolute atomic E-state index is 0.0530. The van der Waals surface area contributed by atoms with E-state index in [-0.39, 0.29) is 18.4 Å². The maximum atomic E-state index is 11.9. The van der Waals surface area contributed by atoms with E-state index in [1.807, 2.05) is 31.2 Å². The van der Waals surface area contributed by atoms with Crippen molar-refractivity contribution in [2.45, 2.75) is 19.8 Å². The summed E-state index contributed by atoms with van der Waals surface area (Å²) >= 11 is 0. The Kier molecular flexibility index (Phi) is 7.01. The van der Waals surface area contributed by atoms with Gasteiger partial charge in [0.2, 0.25) is 5.91 Å². The average molecular weight is 340 g/mol. The highest BCUT2D eigenvalue weighted by Gasteiger charge is 2.09. The lowest BCUT2D eigenvalue weighted by Gasteiger charge is -2.10. The number of nitrogens with one attached hydrogen (secondary N) is 2. The van der Waals surface area contributed by atoms with Gasteiger partial charge in [-0.05, 0) is 49.1 Å². The molecule has 0 aliphatic heterocycles. The molecular weight excluding hydrogens is 316 g/mol. The maximum absolute atomic E-state index is 11.9. The zero-order valence-corrected chi connectivity index (χ0v) is 14.7. The van der Waals surface area contributed by atoms with Crippen LogP contribution in [-0.4, -0.2) is 32.1 Å². The predicted molar refractivity (Wildman–Crippen MR) is 98.8 cm³/mol. The number of carbonyl (C=O) groups is 2. The first-order chi connectivity index (χ1) is 12.1. The van der Waals surface area contributed by atoms with Gasteiger partial charge in [-0.25, -0.2) is 4.79 Å².